The predicted octanol–water partition coefficient (Wildman–Crippen LogP) is 2.22. The lowest BCUT2D eigenvalue weighted by Crippen LogP contribution is -2.48. The van der Waals surface area contributed by atoms with E-state index >= 15 is 0 Å². The van der Waals surface area contributed by atoms with E-state index in [1.807, 2.05) is 11.9 Å². The van der Waals surface area contributed by atoms with Gasteiger partial charge in [-0.05, 0) is 63.8 Å². The first-order chi connectivity index (χ1) is 11.3. The average molecular weight is 350 g/mol. The fraction of sp³-hybridized carbons (Fsp3) is 0.611. The molecule has 1 aromatic carbocycles. The Morgan fingerprint density at radius 1 is 1.12 bits per heavy atom. The van der Waals surface area contributed by atoms with Crippen LogP contribution >= 0.6 is 0 Å². The van der Waals surface area contributed by atoms with E-state index in [2.05, 4.69) is 5.32 Å². The Morgan fingerprint density at radius 2 is 1.67 bits per heavy atom. The molecule has 2 atom stereocenters. The first-order valence-electron chi connectivity index (χ1n) is 8.66. The number of carbonyl (C=O) groups excluding carboxylic acids is 1. The number of carbonyl (C=O) groups is 1. The number of sulfone groups is 1. The molecule has 0 saturated carbocycles. The van der Waals surface area contributed by atoms with Crippen molar-refractivity contribution >= 4 is 15.7 Å². The lowest BCUT2D eigenvalue weighted by Gasteiger charge is -2.35. The van der Waals surface area contributed by atoms with Gasteiger partial charge in [0.05, 0.1) is 10.1 Å². The molecule has 2 unspecified atom stereocenters. The minimum atomic E-state index is -3.30. The van der Waals surface area contributed by atoms with Gasteiger partial charge in [0.2, 0.25) is 0 Å². The Bertz CT molecular complexity index is 700. The zero-order valence-electron chi connectivity index (χ0n) is 14.5. The summed E-state index contributed by atoms with van der Waals surface area (Å²) in [6.45, 7) is 3.32. The van der Waals surface area contributed by atoms with E-state index in [0.29, 0.717) is 17.6 Å². The van der Waals surface area contributed by atoms with Gasteiger partial charge in [0, 0.05) is 30.7 Å². The highest BCUT2D eigenvalue weighted by Crippen LogP contribution is 2.30. The van der Waals surface area contributed by atoms with E-state index in [1.54, 1.807) is 38.1 Å². The van der Waals surface area contributed by atoms with Crippen LogP contribution in [0.3, 0.4) is 0 Å². The van der Waals surface area contributed by atoms with Crippen molar-refractivity contribution in [3.05, 3.63) is 29.8 Å². The highest BCUT2D eigenvalue weighted by Gasteiger charge is 2.36. The maximum atomic E-state index is 12.7. The number of benzene rings is 1. The van der Waals surface area contributed by atoms with Crippen LogP contribution in [0.2, 0.25) is 0 Å². The van der Waals surface area contributed by atoms with Crippen molar-refractivity contribution in [3.63, 3.8) is 0 Å². The van der Waals surface area contributed by atoms with Gasteiger partial charge in [-0.3, -0.25) is 4.79 Å². The number of nitrogens with one attached hydrogen (secondary N) is 1. The molecule has 6 heteroatoms. The van der Waals surface area contributed by atoms with E-state index in [9.17, 15) is 13.2 Å². The lowest BCUT2D eigenvalue weighted by atomic mass is 9.98. The molecule has 2 aliphatic heterocycles. The zero-order valence-corrected chi connectivity index (χ0v) is 15.3. The van der Waals surface area contributed by atoms with Crippen LogP contribution in [0.1, 0.15) is 49.9 Å². The Morgan fingerprint density at radius 3 is 2.17 bits per heavy atom. The van der Waals surface area contributed by atoms with E-state index in [4.69, 9.17) is 0 Å². The van der Waals surface area contributed by atoms with Crippen LogP contribution < -0.4 is 5.32 Å². The molecule has 1 amide bonds. The predicted molar refractivity (Wildman–Crippen MR) is 93.8 cm³/mol. The normalized spacial score (nSPS) is 26.6. The molecular formula is C18H26N2O3S. The third-order valence-corrected chi connectivity index (χ3v) is 7.54. The molecule has 3 rings (SSSR count). The van der Waals surface area contributed by atoms with Gasteiger partial charge in [-0.15, -0.1) is 0 Å². The highest BCUT2D eigenvalue weighted by molar-refractivity contribution is 7.92. The monoisotopic (exact) mass is 350 g/mol. The molecule has 0 spiro atoms. The van der Waals surface area contributed by atoms with Crippen molar-refractivity contribution in [3.8, 4) is 0 Å². The van der Waals surface area contributed by atoms with Crippen LogP contribution in [0.15, 0.2) is 29.2 Å². The van der Waals surface area contributed by atoms with Gasteiger partial charge in [0.15, 0.2) is 9.84 Å². The summed E-state index contributed by atoms with van der Waals surface area (Å²) in [7, 11) is -1.44. The van der Waals surface area contributed by atoms with E-state index in [-0.39, 0.29) is 16.8 Å². The average Bonchev–Trinajstić information content (AvgIpc) is 2.91. The fourth-order valence-corrected chi connectivity index (χ4v) is 4.83. The summed E-state index contributed by atoms with van der Waals surface area (Å²) in [6, 6.07) is 7.67. The van der Waals surface area contributed by atoms with Gasteiger partial charge >= 0.3 is 0 Å². The van der Waals surface area contributed by atoms with E-state index < -0.39 is 15.1 Å². The van der Waals surface area contributed by atoms with Gasteiger partial charge in [0.25, 0.3) is 5.91 Å². The summed E-state index contributed by atoms with van der Waals surface area (Å²) in [4.78, 5) is 14.8. The second kappa shape index (κ2) is 6.48. The highest BCUT2D eigenvalue weighted by atomic mass is 32.2. The second-order valence-corrected chi connectivity index (χ2v) is 9.80. The van der Waals surface area contributed by atoms with Crippen molar-refractivity contribution in [1.29, 1.82) is 0 Å². The molecule has 2 saturated heterocycles. The lowest BCUT2D eigenvalue weighted by molar-refractivity contribution is 0.0681. The molecule has 2 bridgehead atoms. The number of fused-ring (bicyclic) bond motifs is 2. The zero-order chi connectivity index (χ0) is 17.5. The Labute approximate surface area is 144 Å². The summed E-state index contributed by atoms with van der Waals surface area (Å²) < 4.78 is 24.3. The van der Waals surface area contributed by atoms with E-state index in [0.717, 1.165) is 12.8 Å². The van der Waals surface area contributed by atoms with Crippen LogP contribution in [0.25, 0.3) is 0 Å². The third kappa shape index (κ3) is 3.22. The smallest absolute Gasteiger partial charge is 0.253 e. The molecule has 2 heterocycles. The number of rotatable bonds is 4. The van der Waals surface area contributed by atoms with Crippen LogP contribution in [0.5, 0.6) is 0 Å². The number of hydrogen-bond acceptors (Lipinski definition) is 4. The fourth-order valence-electron chi connectivity index (χ4n) is 3.77. The van der Waals surface area contributed by atoms with Gasteiger partial charge in [-0.2, -0.15) is 0 Å². The first kappa shape index (κ1) is 17.4. The molecule has 0 radical (unpaired) electrons. The first-order valence-corrected chi connectivity index (χ1v) is 10.2. The maximum absolute atomic E-state index is 12.7. The summed E-state index contributed by atoms with van der Waals surface area (Å²) in [6.07, 6.45) is 4.40. The van der Waals surface area contributed by atoms with Crippen molar-refractivity contribution in [1.82, 2.24) is 10.2 Å². The van der Waals surface area contributed by atoms with Crippen molar-refractivity contribution in [2.24, 2.45) is 0 Å². The molecule has 2 aliphatic rings. The van der Waals surface area contributed by atoms with Crippen LogP contribution in [-0.2, 0) is 9.84 Å². The molecule has 24 heavy (non-hydrogen) atoms. The minimum Gasteiger partial charge on any atom is -0.339 e. The maximum Gasteiger partial charge on any atom is 0.253 e. The summed E-state index contributed by atoms with van der Waals surface area (Å²) in [5.74, 6) is -0.0326. The number of nitrogens with zero attached hydrogens (tertiary/aromatic N) is 1. The molecule has 1 aromatic rings. The number of hydrogen-bond donors (Lipinski definition) is 1. The van der Waals surface area contributed by atoms with E-state index in [1.165, 1.54) is 12.8 Å². The SMILES string of the molecule is CC(C)S(=O)(=O)c1ccc(C(=O)N(C)C2CC3CCC(C2)N3)cc1. The number of piperidine rings is 1. The number of amides is 1. The Kier molecular flexibility index (Phi) is 4.71. The van der Waals surface area contributed by atoms with Crippen molar-refractivity contribution < 1.29 is 13.2 Å². The molecule has 0 aliphatic carbocycles. The Hall–Kier alpha value is -1.40. The third-order valence-electron chi connectivity index (χ3n) is 5.37. The molecule has 1 N–H and O–H groups in total. The summed E-state index contributed by atoms with van der Waals surface area (Å²) in [5, 5.41) is 3.12. The van der Waals surface area contributed by atoms with Crippen LogP contribution in [-0.4, -0.2) is 49.6 Å². The van der Waals surface area contributed by atoms with Gasteiger partial charge < -0.3 is 10.2 Å². The standard InChI is InChI=1S/C18H26N2O3S/c1-12(2)24(22,23)17-8-4-13(5-9-17)18(21)20(3)16-10-14-6-7-15(11-16)19-14/h4-5,8-9,12,14-16,19H,6-7,10-11H2,1-3H3. The minimum absolute atomic E-state index is 0.0326. The molecule has 5 nitrogen and oxygen atoms in total. The largest absolute Gasteiger partial charge is 0.339 e. The van der Waals surface area contributed by atoms with Gasteiger partial charge in [-0.1, -0.05) is 0 Å². The Balaban J connectivity index is 1.73. The topological polar surface area (TPSA) is 66.5 Å². The van der Waals surface area contributed by atoms with Crippen LogP contribution in [0, 0.1) is 0 Å². The second-order valence-electron chi connectivity index (χ2n) is 7.30. The van der Waals surface area contributed by atoms with Crippen molar-refractivity contribution in [2.75, 3.05) is 7.05 Å². The molecular weight excluding hydrogens is 324 g/mol. The molecule has 0 aromatic heterocycles. The van der Waals surface area contributed by atoms with Crippen LogP contribution in [0.4, 0.5) is 0 Å². The van der Waals surface area contributed by atoms with Gasteiger partial charge in [-0.25, -0.2) is 8.42 Å². The van der Waals surface area contributed by atoms with Gasteiger partial charge in [0.1, 0.15) is 0 Å². The van der Waals surface area contributed by atoms with Crippen molar-refractivity contribution in [2.45, 2.75) is 67.8 Å². The summed E-state index contributed by atoms with van der Waals surface area (Å²) >= 11 is 0. The summed E-state index contributed by atoms with van der Waals surface area (Å²) in [5.41, 5.74) is 0.547. The molecule has 132 valence electrons. The molecule has 2 fully saturated rings. The quantitative estimate of drug-likeness (QED) is 0.904.